The molecule has 1 amide bonds. The molecule has 0 aromatic carbocycles. The zero-order valence-electron chi connectivity index (χ0n) is 13.2. The van der Waals surface area contributed by atoms with E-state index >= 15 is 0 Å². The number of amides is 1. The monoisotopic (exact) mass is 339 g/mol. The van der Waals surface area contributed by atoms with Crippen LogP contribution in [0.15, 0.2) is 0 Å². The minimum absolute atomic E-state index is 0.464. The topological polar surface area (TPSA) is 64.6 Å². The molecule has 0 radical (unpaired) electrons. The number of rotatable bonds is 9. The summed E-state index contributed by atoms with van der Waals surface area (Å²) < 4.78 is 9.84. The van der Waals surface area contributed by atoms with E-state index in [4.69, 9.17) is 21.1 Å². The van der Waals surface area contributed by atoms with Crippen molar-refractivity contribution in [2.24, 2.45) is 0 Å². The molecule has 21 heavy (non-hydrogen) atoms. The van der Waals surface area contributed by atoms with Crippen LogP contribution in [0.4, 0.5) is 4.79 Å². The van der Waals surface area contributed by atoms with E-state index in [0.717, 1.165) is 25.0 Å². The molecular weight excluding hydrogens is 314 g/mol. The third-order valence-corrected chi connectivity index (χ3v) is 3.80. The van der Waals surface area contributed by atoms with Gasteiger partial charge in [0.1, 0.15) is 11.6 Å². The van der Waals surface area contributed by atoms with Crippen molar-refractivity contribution in [3.05, 3.63) is 0 Å². The summed E-state index contributed by atoms with van der Waals surface area (Å²) >= 11 is 7.21. The number of unbranched alkanes of at least 4 members (excludes halogenated alkanes) is 2. The van der Waals surface area contributed by atoms with Crippen molar-refractivity contribution < 1.29 is 19.1 Å². The van der Waals surface area contributed by atoms with Crippen LogP contribution in [0.25, 0.3) is 0 Å². The Labute approximate surface area is 136 Å². The molecule has 7 heteroatoms. The maximum absolute atomic E-state index is 11.7. The highest BCUT2D eigenvalue weighted by Gasteiger charge is 2.24. The molecule has 0 saturated heterocycles. The van der Waals surface area contributed by atoms with E-state index in [9.17, 15) is 9.59 Å². The van der Waals surface area contributed by atoms with Gasteiger partial charge in [0, 0.05) is 11.6 Å². The first-order chi connectivity index (χ1) is 9.80. The van der Waals surface area contributed by atoms with Crippen molar-refractivity contribution in [2.45, 2.75) is 51.7 Å². The van der Waals surface area contributed by atoms with Gasteiger partial charge in [-0.1, -0.05) is 6.42 Å². The summed E-state index contributed by atoms with van der Waals surface area (Å²) in [6.07, 6.45) is 2.50. The fraction of sp³-hybridized carbons (Fsp3) is 0.857. The number of esters is 1. The van der Waals surface area contributed by atoms with E-state index in [0.29, 0.717) is 11.6 Å². The largest absolute Gasteiger partial charge is 0.467 e. The molecule has 1 N–H and O–H groups in total. The molecule has 0 aliphatic heterocycles. The standard InChI is InChI=1S/C14H26ClNO4S/c1-14(2,3)20-13(18)16-11(12(17)19-4)10-21-9-7-5-6-8-15/h11H,5-10H2,1-4H3,(H,16,18). The summed E-state index contributed by atoms with van der Waals surface area (Å²) in [5.41, 5.74) is -0.598. The van der Waals surface area contributed by atoms with E-state index < -0.39 is 23.7 Å². The van der Waals surface area contributed by atoms with E-state index in [1.54, 1.807) is 32.5 Å². The highest BCUT2D eigenvalue weighted by Crippen LogP contribution is 2.11. The van der Waals surface area contributed by atoms with Crippen LogP contribution in [0.3, 0.4) is 0 Å². The van der Waals surface area contributed by atoms with Crippen LogP contribution in [0.2, 0.25) is 0 Å². The lowest BCUT2D eigenvalue weighted by Crippen LogP contribution is -2.45. The Bertz CT molecular complexity index is 321. The number of thioether (sulfide) groups is 1. The number of ether oxygens (including phenoxy) is 2. The van der Waals surface area contributed by atoms with E-state index in [1.807, 2.05) is 0 Å². The van der Waals surface area contributed by atoms with Crippen LogP contribution in [0, 0.1) is 0 Å². The normalized spacial score (nSPS) is 12.6. The molecule has 0 saturated carbocycles. The smallest absolute Gasteiger partial charge is 0.408 e. The second kappa shape index (κ2) is 11.0. The van der Waals surface area contributed by atoms with Crippen LogP contribution in [-0.2, 0) is 14.3 Å². The molecule has 0 aromatic rings. The number of halogens is 1. The predicted molar refractivity (Wildman–Crippen MR) is 87.1 cm³/mol. The molecule has 124 valence electrons. The summed E-state index contributed by atoms with van der Waals surface area (Å²) in [4.78, 5) is 23.4. The van der Waals surface area contributed by atoms with Crippen LogP contribution >= 0.6 is 23.4 Å². The highest BCUT2D eigenvalue weighted by molar-refractivity contribution is 7.99. The zero-order valence-corrected chi connectivity index (χ0v) is 14.8. The number of hydrogen-bond acceptors (Lipinski definition) is 5. The Morgan fingerprint density at radius 1 is 1.24 bits per heavy atom. The summed E-state index contributed by atoms with van der Waals surface area (Å²) in [6, 6.07) is -0.692. The van der Waals surface area contributed by atoms with Crippen molar-refractivity contribution >= 4 is 35.4 Å². The molecule has 0 bridgehead atoms. The van der Waals surface area contributed by atoms with Crippen LogP contribution in [-0.4, -0.2) is 48.2 Å². The summed E-state index contributed by atoms with van der Waals surface area (Å²) in [5, 5.41) is 2.55. The minimum Gasteiger partial charge on any atom is -0.467 e. The van der Waals surface area contributed by atoms with Crippen molar-refractivity contribution in [1.82, 2.24) is 5.32 Å². The van der Waals surface area contributed by atoms with Gasteiger partial charge in [-0.15, -0.1) is 11.6 Å². The lowest BCUT2D eigenvalue weighted by atomic mass is 10.2. The van der Waals surface area contributed by atoms with Gasteiger partial charge in [-0.2, -0.15) is 11.8 Å². The highest BCUT2D eigenvalue weighted by atomic mass is 35.5. The maximum Gasteiger partial charge on any atom is 0.408 e. The van der Waals surface area contributed by atoms with Gasteiger partial charge < -0.3 is 14.8 Å². The summed E-state index contributed by atoms with van der Waals surface area (Å²) in [7, 11) is 1.30. The first-order valence-corrected chi connectivity index (χ1v) is 8.70. The summed E-state index contributed by atoms with van der Waals surface area (Å²) in [5.74, 6) is 1.59. The molecule has 0 heterocycles. The van der Waals surface area contributed by atoms with Crippen molar-refractivity contribution in [3.63, 3.8) is 0 Å². The van der Waals surface area contributed by atoms with Crippen LogP contribution in [0.1, 0.15) is 40.0 Å². The lowest BCUT2D eigenvalue weighted by molar-refractivity contribution is -0.142. The predicted octanol–water partition coefficient (Wildman–Crippen LogP) is 3.20. The Hall–Kier alpha value is -0.620. The Morgan fingerprint density at radius 2 is 1.90 bits per heavy atom. The van der Waals surface area contributed by atoms with E-state index in [2.05, 4.69) is 5.32 Å². The Morgan fingerprint density at radius 3 is 2.43 bits per heavy atom. The van der Waals surface area contributed by atoms with Gasteiger partial charge in [0.15, 0.2) is 0 Å². The second-order valence-electron chi connectivity index (χ2n) is 5.55. The quantitative estimate of drug-likeness (QED) is 0.397. The van der Waals surface area contributed by atoms with Crippen molar-refractivity contribution in [1.29, 1.82) is 0 Å². The summed E-state index contributed by atoms with van der Waals surface area (Å²) in [6.45, 7) is 5.31. The average Bonchev–Trinajstić information content (AvgIpc) is 2.38. The maximum atomic E-state index is 11.7. The van der Waals surface area contributed by atoms with Gasteiger partial charge in [-0.3, -0.25) is 0 Å². The zero-order chi connectivity index (χ0) is 16.3. The molecule has 0 rings (SSSR count). The molecule has 0 aliphatic carbocycles. The Kier molecular flexibility index (Phi) is 10.7. The van der Waals surface area contributed by atoms with E-state index in [-0.39, 0.29) is 0 Å². The first-order valence-electron chi connectivity index (χ1n) is 7.01. The molecule has 0 spiro atoms. The van der Waals surface area contributed by atoms with Gasteiger partial charge >= 0.3 is 12.1 Å². The van der Waals surface area contributed by atoms with Gasteiger partial charge in [0.05, 0.1) is 7.11 Å². The van der Waals surface area contributed by atoms with Crippen molar-refractivity contribution in [2.75, 3.05) is 24.5 Å². The number of hydrogen-bond donors (Lipinski definition) is 1. The lowest BCUT2D eigenvalue weighted by Gasteiger charge is -2.22. The molecule has 0 aliphatic rings. The molecule has 5 nitrogen and oxygen atoms in total. The third kappa shape index (κ3) is 11.7. The number of nitrogens with one attached hydrogen (secondary N) is 1. The third-order valence-electron chi connectivity index (χ3n) is 2.38. The number of carbonyl (C=O) groups excluding carboxylic acids is 2. The molecule has 0 aromatic heterocycles. The van der Waals surface area contributed by atoms with E-state index in [1.165, 1.54) is 7.11 Å². The number of methoxy groups -OCH3 is 1. The molecule has 1 unspecified atom stereocenters. The van der Waals surface area contributed by atoms with Crippen LogP contribution < -0.4 is 5.32 Å². The Balaban J connectivity index is 4.15. The van der Waals surface area contributed by atoms with Crippen molar-refractivity contribution in [3.8, 4) is 0 Å². The molecular formula is C14H26ClNO4S. The molecule has 0 fully saturated rings. The van der Waals surface area contributed by atoms with Gasteiger partial charge in [-0.05, 0) is 39.4 Å². The van der Waals surface area contributed by atoms with Gasteiger partial charge in [0.25, 0.3) is 0 Å². The number of carbonyl (C=O) groups is 2. The number of alkyl halides is 1. The minimum atomic E-state index is -0.692. The fourth-order valence-corrected chi connectivity index (χ4v) is 2.66. The average molecular weight is 340 g/mol. The second-order valence-corrected chi connectivity index (χ2v) is 7.07. The SMILES string of the molecule is COC(=O)C(CSCCCCCCl)NC(=O)OC(C)(C)C. The number of alkyl carbamates (subject to hydrolysis) is 1. The van der Waals surface area contributed by atoms with Gasteiger partial charge in [-0.25, -0.2) is 9.59 Å². The first kappa shape index (κ1) is 20.4. The van der Waals surface area contributed by atoms with Gasteiger partial charge in [0.2, 0.25) is 0 Å². The molecule has 1 atom stereocenters. The fourth-order valence-electron chi connectivity index (χ4n) is 1.44. The van der Waals surface area contributed by atoms with Crippen LogP contribution in [0.5, 0.6) is 0 Å².